The molecule has 0 heterocycles. The van der Waals surface area contributed by atoms with Crippen molar-refractivity contribution < 1.29 is 19.5 Å². The summed E-state index contributed by atoms with van der Waals surface area (Å²) in [6.45, 7) is 2.04. The summed E-state index contributed by atoms with van der Waals surface area (Å²) in [5, 5.41) is 11.9. The van der Waals surface area contributed by atoms with Crippen molar-refractivity contribution in [2.45, 2.75) is 32.2 Å². The van der Waals surface area contributed by atoms with E-state index in [-0.39, 0.29) is 0 Å². The predicted octanol–water partition coefficient (Wildman–Crippen LogP) is 2.18. The fourth-order valence-electron chi connectivity index (χ4n) is 1.85. The molecular formula is C14H22N2O4. The monoisotopic (exact) mass is 282 g/mol. The van der Waals surface area contributed by atoms with Gasteiger partial charge in [0.05, 0.1) is 14.2 Å². The molecule has 3 N–H and O–H groups in total. The number of hydrogen-bond acceptors (Lipinski definition) is 5. The first-order chi connectivity index (χ1) is 9.64. The number of methoxy groups -OCH3 is 2. The van der Waals surface area contributed by atoms with Crippen molar-refractivity contribution in [3.05, 3.63) is 18.2 Å². The second kappa shape index (κ2) is 8.27. The Morgan fingerprint density at radius 2 is 1.85 bits per heavy atom. The van der Waals surface area contributed by atoms with Crippen LogP contribution in [0.15, 0.2) is 18.2 Å². The van der Waals surface area contributed by atoms with Gasteiger partial charge in [-0.05, 0) is 6.42 Å². The zero-order chi connectivity index (χ0) is 15.0. The Hall–Kier alpha value is -1.95. The number of carbonyl (C=O) groups excluding carboxylic acids is 1. The summed E-state index contributed by atoms with van der Waals surface area (Å²) in [5.74, 6) is 0.802. The van der Waals surface area contributed by atoms with E-state index in [2.05, 4.69) is 5.32 Å². The van der Waals surface area contributed by atoms with Crippen LogP contribution < -0.4 is 20.3 Å². The van der Waals surface area contributed by atoms with Gasteiger partial charge >= 0.3 is 0 Å². The maximum absolute atomic E-state index is 11.6. The first-order valence-electron chi connectivity index (χ1n) is 6.58. The van der Waals surface area contributed by atoms with Gasteiger partial charge in [0.2, 0.25) is 0 Å². The number of hydroxylamine groups is 1. The van der Waals surface area contributed by atoms with E-state index in [0.29, 0.717) is 23.6 Å². The summed E-state index contributed by atoms with van der Waals surface area (Å²) in [5.41, 5.74) is 2.39. The van der Waals surface area contributed by atoms with Gasteiger partial charge in [0.1, 0.15) is 17.5 Å². The molecule has 1 rings (SSSR count). The molecule has 1 aromatic carbocycles. The van der Waals surface area contributed by atoms with Gasteiger partial charge in [-0.25, -0.2) is 5.48 Å². The fourth-order valence-corrected chi connectivity index (χ4v) is 1.85. The molecule has 0 saturated carbocycles. The molecule has 0 bridgehead atoms. The van der Waals surface area contributed by atoms with Crippen molar-refractivity contribution in [3.8, 4) is 11.5 Å². The lowest BCUT2D eigenvalue weighted by Crippen LogP contribution is -2.38. The SMILES string of the molecule is CCCCC(Nc1cc(OC)cc(OC)c1)C(=O)NO. The highest BCUT2D eigenvalue weighted by Gasteiger charge is 2.17. The molecule has 0 aliphatic rings. The van der Waals surface area contributed by atoms with Crippen LogP contribution in [0, 0.1) is 0 Å². The molecule has 1 amide bonds. The Balaban J connectivity index is 2.88. The third kappa shape index (κ3) is 4.62. The van der Waals surface area contributed by atoms with Gasteiger partial charge in [0.25, 0.3) is 5.91 Å². The van der Waals surface area contributed by atoms with E-state index in [0.717, 1.165) is 12.8 Å². The predicted molar refractivity (Wildman–Crippen MR) is 76.4 cm³/mol. The molecule has 6 heteroatoms. The molecule has 0 aliphatic carbocycles. The number of ether oxygens (including phenoxy) is 2. The molecule has 0 spiro atoms. The van der Waals surface area contributed by atoms with E-state index in [4.69, 9.17) is 14.7 Å². The second-order valence-corrected chi connectivity index (χ2v) is 4.42. The van der Waals surface area contributed by atoms with Crippen LogP contribution in [0.25, 0.3) is 0 Å². The van der Waals surface area contributed by atoms with E-state index >= 15 is 0 Å². The largest absolute Gasteiger partial charge is 0.497 e. The van der Waals surface area contributed by atoms with Crippen molar-refractivity contribution in [3.63, 3.8) is 0 Å². The number of hydrogen-bond donors (Lipinski definition) is 3. The summed E-state index contributed by atoms with van der Waals surface area (Å²) >= 11 is 0. The lowest BCUT2D eigenvalue weighted by atomic mass is 10.1. The van der Waals surface area contributed by atoms with Gasteiger partial charge in [-0.3, -0.25) is 10.0 Å². The number of amides is 1. The van der Waals surface area contributed by atoms with Crippen LogP contribution in [0.5, 0.6) is 11.5 Å². The number of carbonyl (C=O) groups is 1. The zero-order valence-electron chi connectivity index (χ0n) is 12.1. The molecule has 0 fully saturated rings. The Labute approximate surface area is 119 Å². The van der Waals surface area contributed by atoms with Crippen LogP contribution >= 0.6 is 0 Å². The first-order valence-corrected chi connectivity index (χ1v) is 6.58. The highest BCUT2D eigenvalue weighted by Crippen LogP contribution is 2.26. The minimum Gasteiger partial charge on any atom is -0.497 e. The van der Waals surface area contributed by atoms with Crippen LogP contribution in [0.2, 0.25) is 0 Å². The first kappa shape index (κ1) is 16.1. The molecule has 0 radical (unpaired) electrons. The minimum absolute atomic E-state index is 0.458. The lowest BCUT2D eigenvalue weighted by molar-refractivity contribution is -0.130. The van der Waals surface area contributed by atoms with Crippen LogP contribution in [0.4, 0.5) is 5.69 Å². The van der Waals surface area contributed by atoms with Crippen molar-refractivity contribution >= 4 is 11.6 Å². The van der Waals surface area contributed by atoms with E-state index in [1.807, 2.05) is 6.92 Å². The van der Waals surface area contributed by atoms with E-state index in [1.54, 1.807) is 37.9 Å². The van der Waals surface area contributed by atoms with Crippen LogP contribution in [-0.2, 0) is 4.79 Å². The molecular weight excluding hydrogens is 260 g/mol. The molecule has 0 aromatic heterocycles. The molecule has 0 saturated heterocycles. The topological polar surface area (TPSA) is 79.8 Å². The smallest absolute Gasteiger partial charge is 0.265 e. The number of benzene rings is 1. The highest BCUT2D eigenvalue weighted by atomic mass is 16.5. The van der Waals surface area contributed by atoms with Crippen LogP contribution in [-0.4, -0.2) is 31.4 Å². The molecule has 1 atom stereocenters. The van der Waals surface area contributed by atoms with Gasteiger partial charge in [-0.2, -0.15) is 0 Å². The zero-order valence-corrected chi connectivity index (χ0v) is 12.1. The lowest BCUT2D eigenvalue weighted by Gasteiger charge is -2.18. The van der Waals surface area contributed by atoms with Crippen LogP contribution in [0.3, 0.4) is 0 Å². The standard InChI is InChI=1S/C14H22N2O4/c1-4-5-6-13(14(17)16-18)15-10-7-11(19-2)9-12(8-10)20-3/h7-9,13,15,18H,4-6H2,1-3H3,(H,16,17). The summed E-state index contributed by atoms with van der Waals surface area (Å²) in [6, 6.07) is 4.79. The number of anilines is 1. The maximum atomic E-state index is 11.6. The Morgan fingerprint density at radius 3 is 2.30 bits per heavy atom. The molecule has 20 heavy (non-hydrogen) atoms. The van der Waals surface area contributed by atoms with Gasteiger partial charge in [0, 0.05) is 23.9 Å². The van der Waals surface area contributed by atoms with E-state index in [9.17, 15) is 4.79 Å². The molecule has 0 aliphatic heterocycles. The molecule has 6 nitrogen and oxygen atoms in total. The summed E-state index contributed by atoms with van der Waals surface area (Å²) in [7, 11) is 3.13. The average Bonchev–Trinajstić information content (AvgIpc) is 2.49. The minimum atomic E-state index is -0.503. The van der Waals surface area contributed by atoms with Gasteiger partial charge in [-0.1, -0.05) is 19.8 Å². The molecule has 1 aromatic rings. The van der Waals surface area contributed by atoms with Gasteiger partial charge < -0.3 is 14.8 Å². The van der Waals surface area contributed by atoms with Crippen molar-refractivity contribution in [2.24, 2.45) is 0 Å². The number of nitrogens with one attached hydrogen (secondary N) is 2. The molecule has 1 unspecified atom stereocenters. The highest BCUT2D eigenvalue weighted by molar-refractivity contribution is 5.83. The fraction of sp³-hybridized carbons (Fsp3) is 0.500. The van der Waals surface area contributed by atoms with Crippen LogP contribution in [0.1, 0.15) is 26.2 Å². The Bertz CT molecular complexity index is 415. The van der Waals surface area contributed by atoms with Crippen molar-refractivity contribution in [2.75, 3.05) is 19.5 Å². The van der Waals surface area contributed by atoms with Gasteiger partial charge in [0.15, 0.2) is 0 Å². The van der Waals surface area contributed by atoms with Crippen molar-refractivity contribution in [1.29, 1.82) is 0 Å². The summed E-state index contributed by atoms with van der Waals surface area (Å²) in [6.07, 6.45) is 2.48. The third-order valence-corrected chi connectivity index (χ3v) is 2.97. The number of unbranched alkanes of at least 4 members (excludes halogenated alkanes) is 1. The maximum Gasteiger partial charge on any atom is 0.265 e. The summed E-state index contributed by atoms with van der Waals surface area (Å²) in [4.78, 5) is 11.6. The average molecular weight is 282 g/mol. The number of rotatable bonds is 8. The third-order valence-electron chi connectivity index (χ3n) is 2.97. The van der Waals surface area contributed by atoms with E-state index < -0.39 is 11.9 Å². The van der Waals surface area contributed by atoms with E-state index in [1.165, 1.54) is 0 Å². The Kier molecular flexibility index (Phi) is 6.66. The summed E-state index contributed by atoms with van der Waals surface area (Å²) < 4.78 is 10.4. The quantitative estimate of drug-likeness (QED) is 0.503. The van der Waals surface area contributed by atoms with Gasteiger partial charge in [-0.15, -0.1) is 0 Å². The Morgan fingerprint density at radius 1 is 1.25 bits per heavy atom. The molecule has 112 valence electrons. The normalized spacial score (nSPS) is 11.6. The van der Waals surface area contributed by atoms with Crippen molar-refractivity contribution in [1.82, 2.24) is 5.48 Å². The second-order valence-electron chi connectivity index (χ2n) is 4.42.